The number of carbonyl (C=O) groups is 2. The Morgan fingerprint density at radius 2 is 1.69 bits per heavy atom. The van der Waals surface area contributed by atoms with Crippen molar-refractivity contribution in [1.29, 1.82) is 0 Å². The zero-order valence-corrected chi connectivity index (χ0v) is 22.5. The third kappa shape index (κ3) is 4.78. The highest BCUT2D eigenvalue weighted by molar-refractivity contribution is 5.81. The average Bonchev–Trinajstić information content (AvgIpc) is 3.28. The normalized spacial score (nSPS) is 24.9. The van der Waals surface area contributed by atoms with Gasteiger partial charge in [-0.2, -0.15) is 13.2 Å². The Bertz CT molecular complexity index is 1250. The quantitative estimate of drug-likeness (QED) is 0.478. The number of carbonyl (C=O) groups excluding carboxylic acids is 2. The lowest BCUT2D eigenvalue weighted by Crippen LogP contribution is -2.54. The summed E-state index contributed by atoms with van der Waals surface area (Å²) in [5.41, 5.74) is -1.72. The van der Waals surface area contributed by atoms with E-state index in [1.165, 1.54) is 19.1 Å². The first-order chi connectivity index (χ1) is 18.3. The molecule has 3 heterocycles. The molecule has 5 rings (SSSR count). The predicted molar refractivity (Wildman–Crippen MR) is 138 cm³/mol. The highest BCUT2D eigenvalue weighted by Gasteiger charge is 2.56. The van der Waals surface area contributed by atoms with E-state index in [1.54, 1.807) is 11.0 Å². The largest absolute Gasteiger partial charge is 0.491 e. The molecule has 2 saturated heterocycles. The Balaban J connectivity index is 1.49. The van der Waals surface area contributed by atoms with Gasteiger partial charge in [0.05, 0.1) is 6.04 Å². The van der Waals surface area contributed by atoms with Crippen molar-refractivity contribution in [2.45, 2.75) is 69.8 Å². The first kappa shape index (κ1) is 27.5. The lowest BCUT2D eigenvalue weighted by atomic mass is 9.68. The van der Waals surface area contributed by atoms with E-state index in [9.17, 15) is 27.2 Å². The number of nitrogens with zero attached hydrogens (tertiary/aromatic N) is 2. The molecule has 9 heteroatoms. The molecule has 0 aromatic heterocycles. The van der Waals surface area contributed by atoms with Crippen LogP contribution in [0.3, 0.4) is 0 Å². The number of hydrogen-bond donors (Lipinski definition) is 0. The van der Waals surface area contributed by atoms with Crippen LogP contribution in [-0.4, -0.2) is 60.1 Å². The van der Waals surface area contributed by atoms with Gasteiger partial charge >= 0.3 is 6.18 Å². The number of hydrogen-bond acceptors (Lipinski definition) is 3. The van der Waals surface area contributed by atoms with E-state index >= 15 is 0 Å². The van der Waals surface area contributed by atoms with Crippen LogP contribution in [0.4, 0.5) is 17.6 Å². The SMILES string of the molecule is CC(=O)N1CCC(C(=O)N2CCC3(Cc4ccc(C)cc4)c4ccc(C(C)(F)C(F)(F)F)cc4OCC23)CC1. The van der Waals surface area contributed by atoms with E-state index in [0.717, 1.165) is 11.1 Å². The zero-order valence-electron chi connectivity index (χ0n) is 22.5. The molecule has 2 fully saturated rings. The summed E-state index contributed by atoms with van der Waals surface area (Å²) in [6.45, 7) is 5.76. The van der Waals surface area contributed by atoms with Gasteiger partial charge in [0.15, 0.2) is 0 Å². The van der Waals surface area contributed by atoms with Crippen LogP contribution >= 0.6 is 0 Å². The molecule has 0 radical (unpaired) electrons. The van der Waals surface area contributed by atoms with Gasteiger partial charge in [-0.25, -0.2) is 4.39 Å². The number of halogens is 4. The molecule has 3 atom stereocenters. The lowest BCUT2D eigenvalue weighted by molar-refractivity contribution is -0.228. The van der Waals surface area contributed by atoms with Crippen molar-refractivity contribution >= 4 is 11.8 Å². The maximum Gasteiger partial charge on any atom is 0.426 e. The van der Waals surface area contributed by atoms with Crippen molar-refractivity contribution in [2.24, 2.45) is 5.92 Å². The average molecular weight is 547 g/mol. The van der Waals surface area contributed by atoms with E-state index < -0.39 is 22.8 Å². The molecular weight excluding hydrogens is 512 g/mol. The summed E-state index contributed by atoms with van der Waals surface area (Å²) >= 11 is 0. The number of amides is 2. The minimum Gasteiger partial charge on any atom is -0.491 e. The van der Waals surface area contributed by atoms with Gasteiger partial charge in [-0.3, -0.25) is 9.59 Å². The van der Waals surface area contributed by atoms with Crippen molar-refractivity contribution in [3.8, 4) is 5.75 Å². The van der Waals surface area contributed by atoms with Crippen LogP contribution in [0.15, 0.2) is 42.5 Å². The number of aryl methyl sites for hydroxylation is 1. The van der Waals surface area contributed by atoms with Crippen molar-refractivity contribution in [1.82, 2.24) is 9.80 Å². The molecule has 5 nitrogen and oxygen atoms in total. The maximum atomic E-state index is 14.8. The molecule has 210 valence electrons. The highest BCUT2D eigenvalue weighted by atomic mass is 19.4. The van der Waals surface area contributed by atoms with E-state index in [0.29, 0.717) is 57.8 Å². The van der Waals surface area contributed by atoms with Gasteiger partial charge in [-0.15, -0.1) is 0 Å². The van der Waals surface area contributed by atoms with Gasteiger partial charge in [-0.1, -0.05) is 42.0 Å². The highest BCUT2D eigenvalue weighted by Crippen LogP contribution is 2.52. The Labute approximate surface area is 226 Å². The topological polar surface area (TPSA) is 49.9 Å². The third-order valence-electron chi connectivity index (χ3n) is 9.01. The number of fused-ring (bicyclic) bond motifs is 3. The van der Waals surface area contributed by atoms with Crippen molar-refractivity contribution in [3.63, 3.8) is 0 Å². The van der Waals surface area contributed by atoms with Crippen LogP contribution in [0.25, 0.3) is 0 Å². The summed E-state index contributed by atoms with van der Waals surface area (Å²) in [5, 5.41) is 0. The van der Waals surface area contributed by atoms with Crippen LogP contribution in [0, 0.1) is 12.8 Å². The van der Waals surface area contributed by atoms with Crippen molar-refractivity contribution in [2.75, 3.05) is 26.2 Å². The van der Waals surface area contributed by atoms with Crippen LogP contribution < -0.4 is 4.74 Å². The van der Waals surface area contributed by atoms with E-state index in [2.05, 4.69) is 0 Å². The van der Waals surface area contributed by atoms with Crippen LogP contribution in [-0.2, 0) is 27.1 Å². The number of rotatable bonds is 4. The lowest BCUT2D eigenvalue weighted by Gasteiger charge is -2.44. The molecule has 3 aliphatic rings. The number of alkyl halides is 4. The second kappa shape index (κ2) is 9.82. The Morgan fingerprint density at radius 3 is 2.31 bits per heavy atom. The fourth-order valence-electron chi connectivity index (χ4n) is 6.49. The molecule has 2 aromatic carbocycles. The minimum atomic E-state index is -5.06. The number of ether oxygens (including phenoxy) is 1. The van der Waals surface area contributed by atoms with Crippen LogP contribution in [0.1, 0.15) is 55.4 Å². The molecule has 0 N–H and O–H groups in total. The summed E-state index contributed by atoms with van der Waals surface area (Å²) in [5.74, 6) is 0.0865. The van der Waals surface area contributed by atoms with E-state index in [4.69, 9.17) is 4.74 Å². The van der Waals surface area contributed by atoms with E-state index in [1.807, 2.05) is 36.1 Å². The molecule has 3 unspecified atom stereocenters. The molecule has 39 heavy (non-hydrogen) atoms. The van der Waals surface area contributed by atoms with Crippen LogP contribution in [0.5, 0.6) is 5.75 Å². The molecule has 0 bridgehead atoms. The second-order valence-corrected chi connectivity index (χ2v) is 11.4. The molecule has 0 spiro atoms. The Morgan fingerprint density at radius 1 is 1.03 bits per heavy atom. The summed E-state index contributed by atoms with van der Waals surface area (Å²) in [6.07, 6.45) is -2.68. The molecule has 0 saturated carbocycles. The van der Waals surface area contributed by atoms with Crippen molar-refractivity contribution < 1.29 is 31.9 Å². The molecule has 0 aliphatic carbocycles. The minimum absolute atomic E-state index is 0.00532. The summed E-state index contributed by atoms with van der Waals surface area (Å²) < 4.78 is 61.2. The Kier molecular flexibility index (Phi) is 6.92. The third-order valence-corrected chi connectivity index (χ3v) is 9.01. The summed E-state index contributed by atoms with van der Waals surface area (Å²) in [7, 11) is 0. The van der Waals surface area contributed by atoms with Gasteiger partial charge in [-0.05, 0) is 51.2 Å². The van der Waals surface area contributed by atoms with Gasteiger partial charge in [0, 0.05) is 49.0 Å². The first-order valence-electron chi connectivity index (χ1n) is 13.5. The predicted octanol–water partition coefficient (Wildman–Crippen LogP) is 5.47. The maximum absolute atomic E-state index is 14.8. The number of piperidine rings is 1. The van der Waals surface area contributed by atoms with Crippen molar-refractivity contribution in [3.05, 3.63) is 64.7 Å². The smallest absolute Gasteiger partial charge is 0.426 e. The summed E-state index contributed by atoms with van der Waals surface area (Å²) in [4.78, 5) is 29.2. The second-order valence-electron chi connectivity index (χ2n) is 11.4. The number of benzene rings is 2. The monoisotopic (exact) mass is 546 g/mol. The standard InChI is InChI=1S/C30H34F4N2O3/c1-19-4-6-21(7-5-19)17-29-12-15-36(27(38)22-10-13-35(14-11-22)20(2)37)26(29)18-39-25-16-23(8-9-24(25)29)28(3,31)30(32,33)34/h4-9,16,22,26H,10-15,17-18H2,1-3H3. The van der Waals surface area contributed by atoms with Crippen LogP contribution in [0.2, 0.25) is 0 Å². The van der Waals surface area contributed by atoms with Gasteiger partial charge in [0.25, 0.3) is 0 Å². The number of likely N-dealkylation sites (tertiary alicyclic amines) is 2. The molecular formula is C30H34F4N2O3. The van der Waals surface area contributed by atoms with Gasteiger partial charge in [0.2, 0.25) is 17.5 Å². The van der Waals surface area contributed by atoms with Gasteiger partial charge < -0.3 is 14.5 Å². The first-order valence-corrected chi connectivity index (χ1v) is 13.5. The molecule has 2 aromatic rings. The molecule has 2 amide bonds. The van der Waals surface area contributed by atoms with E-state index in [-0.39, 0.29) is 36.1 Å². The molecule has 3 aliphatic heterocycles. The fraction of sp³-hybridized carbons (Fsp3) is 0.533. The fourth-order valence-corrected chi connectivity index (χ4v) is 6.49. The zero-order chi connectivity index (χ0) is 28.2. The summed E-state index contributed by atoms with van der Waals surface area (Å²) in [6, 6.07) is 11.7. The van der Waals surface area contributed by atoms with Gasteiger partial charge in [0.1, 0.15) is 12.4 Å². The Hall–Kier alpha value is -3.10.